The molecule has 5 heteroatoms. The van der Waals surface area contributed by atoms with E-state index in [4.69, 9.17) is 0 Å². The van der Waals surface area contributed by atoms with E-state index in [1.807, 2.05) is 11.0 Å². The summed E-state index contributed by atoms with van der Waals surface area (Å²) >= 11 is 0. The van der Waals surface area contributed by atoms with E-state index in [0.29, 0.717) is 5.91 Å². The first-order valence-corrected chi connectivity index (χ1v) is 10.6. The maximum atomic E-state index is 13.3. The van der Waals surface area contributed by atoms with Crippen LogP contribution in [-0.4, -0.2) is 47.4 Å². The third-order valence-electron chi connectivity index (χ3n) is 6.74. The maximum absolute atomic E-state index is 13.3. The van der Waals surface area contributed by atoms with E-state index in [-0.39, 0.29) is 23.5 Å². The molecule has 1 spiro atoms. The van der Waals surface area contributed by atoms with Crippen LogP contribution < -0.4 is 5.32 Å². The van der Waals surface area contributed by atoms with Crippen LogP contribution >= 0.6 is 0 Å². The van der Waals surface area contributed by atoms with Crippen molar-refractivity contribution in [1.29, 1.82) is 0 Å². The summed E-state index contributed by atoms with van der Waals surface area (Å²) < 4.78 is 0. The van der Waals surface area contributed by atoms with Crippen LogP contribution in [0.2, 0.25) is 0 Å². The predicted octanol–water partition coefficient (Wildman–Crippen LogP) is 3.71. The summed E-state index contributed by atoms with van der Waals surface area (Å²) in [7, 11) is 0. The number of hydrogen-bond acceptors (Lipinski definition) is 2. The van der Waals surface area contributed by atoms with Crippen molar-refractivity contribution in [1.82, 2.24) is 15.1 Å². The zero-order valence-electron chi connectivity index (χ0n) is 16.3. The number of carbonyl (C=O) groups excluding carboxylic acids is 2. The predicted molar refractivity (Wildman–Crippen MR) is 105 cm³/mol. The van der Waals surface area contributed by atoms with Crippen molar-refractivity contribution in [2.24, 2.45) is 5.41 Å². The fourth-order valence-electron chi connectivity index (χ4n) is 5.37. The first kappa shape index (κ1) is 18.3. The molecular weight excluding hydrogens is 338 g/mol. The lowest BCUT2D eigenvalue weighted by molar-refractivity contribution is -0.180. The molecule has 3 fully saturated rings. The number of hydrogen-bond donors (Lipinski definition) is 1. The molecule has 2 heterocycles. The highest BCUT2D eigenvalue weighted by molar-refractivity contribution is 5.91. The molecule has 1 aromatic rings. The summed E-state index contributed by atoms with van der Waals surface area (Å²) in [6.45, 7) is 4.25. The van der Waals surface area contributed by atoms with Gasteiger partial charge in [-0.05, 0) is 37.7 Å². The molecular formula is C22H31N3O2. The van der Waals surface area contributed by atoms with Crippen LogP contribution in [0.1, 0.15) is 63.5 Å². The quantitative estimate of drug-likeness (QED) is 0.823. The van der Waals surface area contributed by atoms with Gasteiger partial charge < -0.3 is 15.1 Å². The Kier molecular flexibility index (Phi) is 5.11. The van der Waals surface area contributed by atoms with Gasteiger partial charge in [-0.2, -0.15) is 0 Å². The monoisotopic (exact) mass is 369 g/mol. The van der Waals surface area contributed by atoms with Gasteiger partial charge in [-0.1, -0.05) is 50.1 Å². The van der Waals surface area contributed by atoms with E-state index >= 15 is 0 Å². The minimum atomic E-state index is -0.156. The minimum Gasteiger partial charge on any atom is -0.338 e. The lowest BCUT2D eigenvalue weighted by Gasteiger charge is -2.59. The lowest BCUT2D eigenvalue weighted by Crippen LogP contribution is -2.66. The molecule has 1 saturated carbocycles. The van der Waals surface area contributed by atoms with E-state index in [0.717, 1.165) is 51.7 Å². The molecule has 0 aromatic heterocycles. The number of nitrogens with zero attached hydrogens (tertiary/aromatic N) is 2. The fraction of sp³-hybridized carbons (Fsp3) is 0.636. The molecule has 27 heavy (non-hydrogen) atoms. The van der Waals surface area contributed by atoms with Gasteiger partial charge in [-0.3, -0.25) is 4.79 Å². The van der Waals surface area contributed by atoms with Crippen LogP contribution in [0.3, 0.4) is 0 Å². The molecule has 1 unspecified atom stereocenters. The maximum Gasteiger partial charge on any atom is 0.317 e. The van der Waals surface area contributed by atoms with Crippen LogP contribution in [0.15, 0.2) is 30.3 Å². The number of carbonyl (C=O) groups is 2. The third-order valence-corrected chi connectivity index (χ3v) is 6.74. The lowest BCUT2D eigenvalue weighted by atomic mass is 9.65. The second-order valence-corrected chi connectivity index (χ2v) is 8.34. The van der Waals surface area contributed by atoms with E-state index in [1.54, 1.807) is 0 Å². The number of piperidine rings is 1. The zero-order chi connectivity index (χ0) is 18.9. The van der Waals surface area contributed by atoms with Crippen molar-refractivity contribution in [3.05, 3.63) is 35.9 Å². The first-order chi connectivity index (χ1) is 13.2. The largest absolute Gasteiger partial charge is 0.338 e. The van der Waals surface area contributed by atoms with E-state index in [1.165, 1.54) is 18.4 Å². The van der Waals surface area contributed by atoms with Crippen molar-refractivity contribution < 1.29 is 9.59 Å². The minimum absolute atomic E-state index is 0.0390. The Morgan fingerprint density at radius 1 is 1.15 bits per heavy atom. The standard InChI is InChI=1S/C22H31N3O2/c1-2-14-23-21(27)24-15-10-18(11-16-24)25-19(17-8-4-3-5-9-17)22(20(25)26)12-6-7-13-22/h3-5,8-9,18-19H,2,6-7,10-16H2,1H3,(H,23,27). The molecule has 1 aromatic carbocycles. The Labute approximate surface area is 162 Å². The highest BCUT2D eigenvalue weighted by Crippen LogP contribution is 2.60. The van der Waals surface area contributed by atoms with Gasteiger partial charge in [-0.15, -0.1) is 0 Å². The molecule has 146 valence electrons. The molecule has 4 rings (SSSR count). The number of β-lactam (4-membered cyclic amide) rings is 1. The molecule has 2 aliphatic heterocycles. The number of rotatable bonds is 4. The number of benzene rings is 1. The van der Waals surface area contributed by atoms with Gasteiger partial charge in [0.1, 0.15) is 0 Å². The van der Waals surface area contributed by atoms with Crippen LogP contribution in [0.4, 0.5) is 4.79 Å². The molecule has 3 amide bonds. The van der Waals surface area contributed by atoms with Gasteiger partial charge in [-0.25, -0.2) is 4.79 Å². The van der Waals surface area contributed by atoms with E-state index in [9.17, 15) is 9.59 Å². The van der Waals surface area contributed by atoms with Crippen LogP contribution in [0.25, 0.3) is 0 Å². The summed E-state index contributed by atoms with van der Waals surface area (Å²) in [5.41, 5.74) is 1.12. The number of amides is 3. The van der Waals surface area contributed by atoms with Gasteiger partial charge in [0.05, 0.1) is 11.5 Å². The number of likely N-dealkylation sites (tertiary alicyclic amines) is 2. The Morgan fingerprint density at radius 3 is 2.44 bits per heavy atom. The van der Waals surface area contributed by atoms with Crippen molar-refractivity contribution in [3.63, 3.8) is 0 Å². The van der Waals surface area contributed by atoms with Gasteiger partial charge in [0.15, 0.2) is 0 Å². The molecule has 5 nitrogen and oxygen atoms in total. The highest BCUT2D eigenvalue weighted by Gasteiger charge is 2.63. The highest BCUT2D eigenvalue weighted by atomic mass is 16.2. The summed E-state index contributed by atoms with van der Waals surface area (Å²) in [6, 6.07) is 11.1. The fourth-order valence-corrected chi connectivity index (χ4v) is 5.37. The number of urea groups is 1. The van der Waals surface area contributed by atoms with Crippen LogP contribution in [-0.2, 0) is 4.79 Å². The topological polar surface area (TPSA) is 52.7 Å². The molecule has 1 atom stereocenters. The molecule has 1 aliphatic carbocycles. The summed E-state index contributed by atoms with van der Waals surface area (Å²) in [4.78, 5) is 29.5. The van der Waals surface area contributed by atoms with Crippen molar-refractivity contribution >= 4 is 11.9 Å². The van der Waals surface area contributed by atoms with Crippen molar-refractivity contribution in [3.8, 4) is 0 Å². The summed E-state index contributed by atoms with van der Waals surface area (Å²) in [5, 5.41) is 2.96. The van der Waals surface area contributed by atoms with Crippen LogP contribution in [0, 0.1) is 5.41 Å². The Hall–Kier alpha value is -2.04. The van der Waals surface area contributed by atoms with Gasteiger partial charge in [0.25, 0.3) is 0 Å². The van der Waals surface area contributed by atoms with Gasteiger partial charge in [0, 0.05) is 25.7 Å². The molecule has 2 saturated heterocycles. The first-order valence-electron chi connectivity index (χ1n) is 10.6. The zero-order valence-corrected chi connectivity index (χ0v) is 16.3. The van der Waals surface area contributed by atoms with E-state index in [2.05, 4.69) is 41.4 Å². The van der Waals surface area contributed by atoms with Crippen LogP contribution in [0.5, 0.6) is 0 Å². The summed E-state index contributed by atoms with van der Waals surface area (Å²) in [5.74, 6) is 0.364. The van der Waals surface area contributed by atoms with Crippen molar-refractivity contribution in [2.45, 2.75) is 64.0 Å². The van der Waals surface area contributed by atoms with Gasteiger partial charge >= 0.3 is 6.03 Å². The smallest absolute Gasteiger partial charge is 0.317 e. The average molecular weight is 370 g/mol. The normalized spacial score (nSPS) is 24.9. The SMILES string of the molecule is CCCNC(=O)N1CCC(N2C(=O)C3(CCCC3)C2c2ccccc2)CC1. The number of nitrogens with one attached hydrogen (secondary N) is 1. The molecule has 1 N–H and O–H groups in total. The molecule has 3 aliphatic rings. The third kappa shape index (κ3) is 3.11. The van der Waals surface area contributed by atoms with Gasteiger partial charge in [0.2, 0.25) is 5.91 Å². The van der Waals surface area contributed by atoms with Crippen molar-refractivity contribution in [2.75, 3.05) is 19.6 Å². The average Bonchev–Trinajstić information content (AvgIpc) is 3.23. The summed E-state index contributed by atoms with van der Waals surface area (Å²) in [6.07, 6.45) is 7.10. The Morgan fingerprint density at radius 2 is 1.81 bits per heavy atom. The van der Waals surface area contributed by atoms with E-state index < -0.39 is 0 Å². The Balaban J connectivity index is 1.47. The molecule has 0 bridgehead atoms. The second kappa shape index (κ2) is 7.53. The molecule has 0 radical (unpaired) electrons. The second-order valence-electron chi connectivity index (χ2n) is 8.34. The Bertz CT molecular complexity index is 676.